The number of nitrogens with one attached hydrogen (secondary N) is 1. The molecule has 82 valence electrons. The van der Waals surface area contributed by atoms with Gasteiger partial charge in [-0.25, -0.2) is 0 Å². The highest BCUT2D eigenvalue weighted by molar-refractivity contribution is 5.75. The average Bonchev–Trinajstić information content (AvgIpc) is 2.21. The minimum atomic E-state index is -0.227. The molecule has 1 unspecified atom stereocenters. The summed E-state index contributed by atoms with van der Waals surface area (Å²) in [7, 11) is 1.41. The number of ether oxygens (including phenoxy) is 1. The lowest BCUT2D eigenvalue weighted by Gasteiger charge is -2.14. The first-order valence-electron chi connectivity index (χ1n) is 5.18. The molecular weight excluding hydrogens is 178 g/mol. The fourth-order valence-corrected chi connectivity index (χ4v) is 1.22. The summed E-state index contributed by atoms with van der Waals surface area (Å²) in [6.07, 6.45) is 5.83. The van der Waals surface area contributed by atoms with Crippen molar-refractivity contribution in [2.24, 2.45) is 0 Å². The van der Waals surface area contributed by atoms with Gasteiger partial charge in [-0.05, 0) is 19.4 Å². The van der Waals surface area contributed by atoms with Gasteiger partial charge in [0.1, 0.15) is 6.04 Å². The van der Waals surface area contributed by atoms with E-state index in [1.165, 1.54) is 20.0 Å². The number of hydrogen-bond donors (Lipinski definition) is 1. The number of rotatable bonds is 8. The summed E-state index contributed by atoms with van der Waals surface area (Å²) < 4.78 is 4.67. The van der Waals surface area contributed by atoms with Crippen molar-refractivity contribution in [1.82, 2.24) is 5.32 Å². The summed E-state index contributed by atoms with van der Waals surface area (Å²) in [5.74, 6) is -0.207. The van der Waals surface area contributed by atoms with Crippen LogP contribution in [0.15, 0.2) is 12.7 Å². The Balaban J connectivity index is 3.72. The van der Waals surface area contributed by atoms with Gasteiger partial charge < -0.3 is 10.1 Å². The normalized spacial score (nSPS) is 12.1. The zero-order valence-corrected chi connectivity index (χ0v) is 9.21. The highest BCUT2D eigenvalue weighted by Crippen LogP contribution is 1.98. The topological polar surface area (TPSA) is 38.3 Å². The first-order valence-corrected chi connectivity index (χ1v) is 5.18. The third kappa shape index (κ3) is 5.75. The molecule has 0 spiro atoms. The summed E-state index contributed by atoms with van der Waals surface area (Å²) >= 11 is 0. The van der Waals surface area contributed by atoms with Gasteiger partial charge in [0.15, 0.2) is 0 Å². The molecule has 0 aliphatic heterocycles. The van der Waals surface area contributed by atoms with Crippen molar-refractivity contribution in [1.29, 1.82) is 0 Å². The molecule has 3 nitrogen and oxygen atoms in total. The number of carbonyl (C=O) groups is 1. The van der Waals surface area contributed by atoms with E-state index in [2.05, 4.69) is 23.6 Å². The standard InChI is InChI=1S/C11H21NO2/c1-4-6-7-9-12-10(8-5-2)11(13)14-3/h5,10,12H,2,4,6-9H2,1,3H3. The minimum absolute atomic E-state index is 0.207. The van der Waals surface area contributed by atoms with Crippen LogP contribution in [-0.2, 0) is 9.53 Å². The van der Waals surface area contributed by atoms with E-state index in [-0.39, 0.29) is 12.0 Å². The molecule has 0 amide bonds. The van der Waals surface area contributed by atoms with Gasteiger partial charge in [0.25, 0.3) is 0 Å². The van der Waals surface area contributed by atoms with E-state index < -0.39 is 0 Å². The average molecular weight is 199 g/mol. The van der Waals surface area contributed by atoms with Crippen molar-refractivity contribution in [3.63, 3.8) is 0 Å². The van der Waals surface area contributed by atoms with E-state index in [9.17, 15) is 4.79 Å². The maximum Gasteiger partial charge on any atom is 0.323 e. The third-order valence-corrected chi connectivity index (χ3v) is 2.06. The fraction of sp³-hybridized carbons (Fsp3) is 0.727. The van der Waals surface area contributed by atoms with Crippen LogP contribution in [0.4, 0.5) is 0 Å². The molecule has 0 heterocycles. The molecule has 1 N–H and O–H groups in total. The molecule has 0 aliphatic carbocycles. The quantitative estimate of drug-likeness (QED) is 0.368. The molecule has 0 aliphatic rings. The molecule has 0 saturated heterocycles. The van der Waals surface area contributed by atoms with E-state index in [4.69, 9.17) is 0 Å². The van der Waals surface area contributed by atoms with Gasteiger partial charge in [-0.2, -0.15) is 0 Å². The molecule has 0 aromatic rings. The van der Waals surface area contributed by atoms with E-state index in [0.717, 1.165) is 13.0 Å². The zero-order valence-electron chi connectivity index (χ0n) is 9.21. The lowest BCUT2D eigenvalue weighted by atomic mass is 10.2. The van der Waals surface area contributed by atoms with Gasteiger partial charge in [-0.3, -0.25) is 4.79 Å². The molecule has 0 aromatic carbocycles. The Morgan fingerprint density at radius 2 is 2.29 bits per heavy atom. The Bertz CT molecular complexity index is 169. The monoisotopic (exact) mass is 199 g/mol. The Kier molecular flexibility index (Phi) is 8.24. The predicted octanol–water partition coefficient (Wildman–Crippen LogP) is 1.88. The van der Waals surface area contributed by atoms with Crippen molar-refractivity contribution >= 4 is 5.97 Å². The van der Waals surface area contributed by atoms with E-state index >= 15 is 0 Å². The van der Waals surface area contributed by atoms with Crippen LogP contribution >= 0.6 is 0 Å². The zero-order chi connectivity index (χ0) is 10.8. The smallest absolute Gasteiger partial charge is 0.323 e. The van der Waals surface area contributed by atoms with Gasteiger partial charge in [-0.15, -0.1) is 6.58 Å². The minimum Gasteiger partial charge on any atom is -0.468 e. The van der Waals surface area contributed by atoms with Crippen LogP contribution in [0.5, 0.6) is 0 Å². The van der Waals surface area contributed by atoms with Crippen LogP contribution in [0.25, 0.3) is 0 Å². The largest absolute Gasteiger partial charge is 0.468 e. The van der Waals surface area contributed by atoms with Crippen LogP contribution in [-0.4, -0.2) is 25.7 Å². The van der Waals surface area contributed by atoms with Gasteiger partial charge in [-0.1, -0.05) is 25.8 Å². The number of hydrogen-bond acceptors (Lipinski definition) is 3. The fourth-order valence-electron chi connectivity index (χ4n) is 1.22. The van der Waals surface area contributed by atoms with Crippen molar-refractivity contribution in [3.05, 3.63) is 12.7 Å². The number of esters is 1. The van der Waals surface area contributed by atoms with Gasteiger partial charge in [0.2, 0.25) is 0 Å². The van der Waals surface area contributed by atoms with Crippen LogP contribution in [0.1, 0.15) is 32.6 Å². The maximum atomic E-state index is 11.2. The summed E-state index contributed by atoms with van der Waals surface area (Å²) in [5.41, 5.74) is 0. The summed E-state index contributed by atoms with van der Waals surface area (Å²) in [6, 6.07) is -0.227. The lowest BCUT2D eigenvalue weighted by Crippen LogP contribution is -2.37. The predicted molar refractivity (Wildman–Crippen MR) is 58.1 cm³/mol. The Morgan fingerprint density at radius 1 is 1.57 bits per heavy atom. The summed E-state index contributed by atoms with van der Waals surface area (Å²) in [4.78, 5) is 11.2. The molecule has 1 atom stereocenters. The second-order valence-corrected chi connectivity index (χ2v) is 3.26. The molecule has 0 fully saturated rings. The van der Waals surface area contributed by atoms with Crippen LogP contribution in [0.2, 0.25) is 0 Å². The Hall–Kier alpha value is -0.830. The molecule has 0 bridgehead atoms. The molecule has 3 heteroatoms. The van der Waals surface area contributed by atoms with E-state index in [1.54, 1.807) is 6.08 Å². The molecule has 0 aromatic heterocycles. The van der Waals surface area contributed by atoms with Crippen molar-refractivity contribution in [2.45, 2.75) is 38.6 Å². The maximum absolute atomic E-state index is 11.2. The Morgan fingerprint density at radius 3 is 2.79 bits per heavy atom. The molecule has 0 saturated carbocycles. The first kappa shape index (κ1) is 13.2. The van der Waals surface area contributed by atoms with Gasteiger partial charge >= 0.3 is 5.97 Å². The van der Waals surface area contributed by atoms with Crippen LogP contribution < -0.4 is 5.32 Å². The molecule has 14 heavy (non-hydrogen) atoms. The number of methoxy groups -OCH3 is 1. The highest BCUT2D eigenvalue weighted by Gasteiger charge is 2.15. The highest BCUT2D eigenvalue weighted by atomic mass is 16.5. The SMILES string of the molecule is C=CCC(NCCCCC)C(=O)OC. The third-order valence-electron chi connectivity index (χ3n) is 2.06. The van der Waals surface area contributed by atoms with Crippen LogP contribution in [0.3, 0.4) is 0 Å². The van der Waals surface area contributed by atoms with Crippen molar-refractivity contribution in [2.75, 3.05) is 13.7 Å². The summed E-state index contributed by atoms with van der Waals surface area (Å²) in [6.45, 7) is 6.63. The van der Waals surface area contributed by atoms with Crippen molar-refractivity contribution < 1.29 is 9.53 Å². The van der Waals surface area contributed by atoms with Crippen LogP contribution in [0, 0.1) is 0 Å². The Labute approximate surface area is 86.5 Å². The molecule has 0 radical (unpaired) electrons. The second kappa shape index (κ2) is 8.75. The van der Waals surface area contributed by atoms with Gasteiger partial charge in [0, 0.05) is 0 Å². The van der Waals surface area contributed by atoms with E-state index in [0.29, 0.717) is 6.42 Å². The first-order chi connectivity index (χ1) is 6.76. The molecular formula is C11H21NO2. The second-order valence-electron chi connectivity index (χ2n) is 3.26. The van der Waals surface area contributed by atoms with Crippen molar-refractivity contribution in [3.8, 4) is 0 Å². The van der Waals surface area contributed by atoms with E-state index in [1.807, 2.05) is 0 Å². The molecule has 0 rings (SSSR count). The van der Waals surface area contributed by atoms with Gasteiger partial charge in [0.05, 0.1) is 7.11 Å². The summed E-state index contributed by atoms with van der Waals surface area (Å²) in [5, 5.41) is 3.16. The lowest BCUT2D eigenvalue weighted by molar-refractivity contribution is -0.143. The number of carbonyl (C=O) groups excluding carboxylic acids is 1. The number of unbranched alkanes of at least 4 members (excludes halogenated alkanes) is 2.